The lowest BCUT2D eigenvalue weighted by Gasteiger charge is -2.16. The average Bonchev–Trinajstić information content (AvgIpc) is 3.31. The van der Waals surface area contributed by atoms with E-state index in [1.165, 1.54) is 18.2 Å². The van der Waals surface area contributed by atoms with E-state index in [9.17, 15) is 9.18 Å². The van der Waals surface area contributed by atoms with Gasteiger partial charge in [0, 0.05) is 24.6 Å². The fraction of sp³-hybridized carbons (Fsp3) is 0.211. The third-order valence-electron chi connectivity index (χ3n) is 4.48. The zero-order valence-corrected chi connectivity index (χ0v) is 15.1. The second-order valence-electron chi connectivity index (χ2n) is 6.16. The minimum Gasteiger partial charge on any atom is -0.496 e. The summed E-state index contributed by atoms with van der Waals surface area (Å²) < 4.78 is 24.1. The Morgan fingerprint density at radius 3 is 2.89 bits per heavy atom. The smallest absolute Gasteiger partial charge is 0.261 e. The van der Waals surface area contributed by atoms with Crippen LogP contribution in [0.15, 0.2) is 47.0 Å². The number of aromatic nitrogens is 2. The molecule has 1 aliphatic rings. The van der Waals surface area contributed by atoms with Gasteiger partial charge in [0.1, 0.15) is 11.6 Å². The number of carbonyl (C=O) groups excluding carboxylic acids is 1. The first kappa shape index (κ1) is 17.5. The summed E-state index contributed by atoms with van der Waals surface area (Å²) in [6.45, 7) is 0.367. The highest BCUT2D eigenvalue weighted by atomic mass is 35.5. The zero-order valence-electron chi connectivity index (χ0n) is 14.4. The molecular formula is C19H15ClFN3O3. The molecule has 1 aromatic heterocycles. The fourth-order valence-electron chi connectivity index (χ4n) is 3.11. The number of amides is 1. The highest BCUT2D eigenvalue weighted by Gasteiger charge is 2.35. The van der Waals surface area contributed by atoms with Crippen molar-refractivity contribution in [3.05, 3.63) is 59.1 Å². The molecule has 0 aliphatic carbocycles. The monoisotopic (exact) mass is 387 g/mol. The minimum atomic E-state index is -0.525. The second-order valence-corrected chi connectivity index (χ2v) is 6.57. The fourth-order valence-corrected chi connectivity index (χ4v) is 3.29. The number of halogens is 2. The first-order valence-electron chi connectivity index (χ1n) is 8.29. The summed E-state index contributed by atoms with van der Waals surface area (Å²) in [4.78, 5) is 18.4. The van der Waals surface area contributed by atoms with Gasteiger partial charge in [-0.3, -0.25) is 4.79 Å². The van der Waals surface area contributed by atoms with Gasteiger partial charge >= 0.3 is 0 Å². The number of hydrogen-bond acceptors (Lipinski definition) is 5. The molecule has 1 fully saturated rings. The van der Waals surface area contributed by atoms with Crippen LogP contribution in [0.2, 0.25) is 5.02 Å². The molecule has 2 aromatic carbocycles. The van der Waals surface area contributed by atoms with Crippen molar-refractivity contribution in [2.24, 2.45) is 0 Å². The number of para-hydroxylation sites is 1. The van der Waals surface area contributed by atoms with Gasteiger partial charge in [0.05, 0.1) is 17.7 Å². The van der Waals surface area contributed by atoms with Crippen LogP contribution in [0.3, 0.4) is 0 Å². The Bertz CT molecular complexity index is 1010. The number of anilines is 1. The SMILES string of the molecule is COc1ccccc1-c1nc([C@@H]2CC(=O)N(c3ccc(F)c(Cl)c3)C2)no1. The van der Waals surface area contributed by atoms with Crippen LogP contribution in [0.4, 0.5) is 10.1 Å². The zero-order chi connectivity index (χ0) is 19.0. The van der Waals surface area contributed by atoms with Gasteiger partial charge in [-0.2, -0.15) is 4.98 Å². The third kappa shape index (κ3) is 3.26. The summed E-state index contributed by atoms with van der Waals surface area (Å²) in [6, 6.07) is 11.5. The number of rotatable bonds is 4. The lowest BCUT2D eigenvalue weighted by molar-refractivity contribution is -0.117. The van der Waals surface area contributed by atoms with Gasteiger partial charge in [-0.25, -0.2) is 4.39 Å². The van der Waals surface area contributed by atoms with Crippen molar-refractivity contribution in [2.75, 3.05) is 18.6 Å². The average molecular weight is 388 g/mol. The van der Waals surface area contributed by atoms with Crippen molar-refractivity contribution in [3.8, 4) is 17.2 Å². The third-order valence-corrected chi connectivity index (χ3v) is 4.77. The molecular weight excluding hydrogens is 373 g/mol. The molecule has 1 saturated heterocycles. The lowest BCUT2D eigenvalue weighted by atomic mass is 10.1. The van der Waals surface area contributed by atoms with Crippen LogP contribution >= 0.6 is 11.6 Å². The predicted molar refractivity (Wildman–Crippen MR) is 97.4 cm³/mol. The summed E-state index contributed by atoms with van der Waals surface area (Å²) >= 11 is 5.83. The highest BCUT2D eigenvalue weighted by Crippen LogP contribution is 2.34. The molecule has 6 nitrogen and oxygen atoms in total. The molecule has 8 heteroatoms. The van der Waals surface area contributed by atoms with Crippen LogP contribution in [0.5, 0.6) is 5.75 Å². The number of carbonyl (C=O) groups is 1. The van der Waals surface area contributed by atoms with Gasteiger partial charge in [0.15, 0.2) is 5.82 Å². The molecule has 27 heavy (non-hydrogen) atoms. The van der Waals surface area contributed by atoms with E-state index >= 15 is 0 Å². The van der Waals surface area contributed by atoms with E-state index in [0.717, 1.165) is 0 Å². The molecule has 4 rings (SSSR count). The molecule has 0 unspecified atom stereocenters. The molecule has 0 saturated carbocycles. The Kier molecular flexibility index (Phi) is 4.53. The molecule has 2 heterocycles. The van der Waals surface area contributed by atoms with Crippen LogP contribution in [0.25, 0.3) is 11.5 Å². The van der Waals surface area contributed by atoms with Crippen LogP contribution in [0.1, 0.15) is 18.2 Å². The summed E-state index contributed by atoms with van der Waals surface area (Å²) in [7, 11) is 1.57. The van der Waals surface area contributed by atoms with Crippen molar-refractivity contribution >= 4 is 23.2 Å². The topological polar surface area (TPSA) is 68.5 Å². The maximum Gasteiger partial charge on any atom is 0.261 e. The van der Waals surface area contributed by atoms with Crippen molar-refractivity contribution in [1.82, 2.24) is 10.1 Å². The number of benzene rings is 2. The Hall–Kier alpha value is -2.93. The van der Waals surface area contributed by atoms with E-state index in [4.69, 9.17) is 20.9 Å². The van der Waals surface area contributed by atoms with Gasteiger partial charge < -0.3 is 14.2 Å². The predicted octanol–water partition coefficient (Wildman–Crippen LogP) is 4.06. The number of nitrogens with zero attached hydrogens (tertiary/aromatic N) is 3. The summed E-state index contributed by atoms with van der Waals surface area (Å²) in [5, 5.41) is 4.01. The minimum absolute atomic E-state index is 0.0261. The van der Waals surface area contributed by atoms with E-state index in [0.29, 0.717) is 35.3 Å². The van der Waals surface area contributed by atoms with Gasteiger partial charge in [-0.15, -0.1) is 0 Å². The molecule has 1 atom stereocenters. The molecule has 0 bridgehead atoms. The van der Waals surface area contributed by atoms with Crippen LogP contribution in [0, 0.1) is 5.82 Å². The van der Waals surface area contributed by atoms with Crippen molar-refractivity contribution in [2.45, 2.75) is 12.3 Å². The Labute approximate surface area is 159 Å². The molecule has 0 spiro atoms. The van der Waals surface area contributed by atoms with Gasteiger partial charge in [-0.05, 0) is 30.3 Å². The maximum atomic E-state index is 13.4. The first-order chi connectivity index (χ1) is 13.1. The quantitative estimate of drug-likeness (QED) is 0.675. The number of ether oxygens (including phenoxy) is 1. The van der Waals surface area contributed by atoms with Crippen LogP contribution in [-0.2, 0) is 4.79 Å². The number of hydrogen-bond donors (Lipinski definition) is 0. The van der Waals surface area contributed by atoms with Crippen molar-refractivity contribution < 1.29 is 18.4 Å². The van der Waals surface area contributed by atoms with E-state index in [2.05, 4.69) is 10.1 Å². The molecule has 138 valence electrons. The lowest BCUT2D eigenvalue weighted by Crippen LogP contribution is -2.24. The van der Waals surface area contributed by atoms with Gasteiger partial charge in [0.25, 0.3) is 5.89 Å². The second kappa shape index (κ2) is 7.00. The maximum absolute atomic E-state index is 13.4. The van der Waals surface area contributed by atoms with Gasteiger partial charge in [-0.1, -0.05) is 28.9 Å². The van der Waals surface area contributed by atoms with E-state index in [-0.39, 0.29) is 23.3 Å². The molecule has 0 N–H and O–H groups in total. The van der Waals surface area contributed by atoms with Crippen LogP contribution in [-0.4, -0.2) is 29.7 Å². The molecule has 1 amide bonds. The highest BCUT2D eigenvalue weighted by molar-refractivity contribution is 6.31. The summed E-state index contributed by atoms with van der Waals surface area (Å²) in [6.07, 6.45) is 0.236. The van der Waals surface area contributed by atoms with Crippen molar-refractivity contribution in [3.63, 3.8) is 0 Å². The number of methoxy groups -OCH3 is 1. The Morgan fingerprint density at radius 2 is 2.11 bits per heavy atom. The molecule has 1 aliphatic heterocycles. The normalized spacial score (nSPS) is 16.8. The van der Waals surface area contributed by atoms with E-state index < -0.39 is 5.82 Å². The summed E-state index contributed by atoms with van der Waals surface area (Å²) in [5.74, 6) is 0.541. The van der Waals surface area contributed by atoms with Gasteiger partial charge in [0.2, 0.25) is 5.91 Å². The summed E-state index contributed by atoms with van der Waals surface area (Å²) in [5.41, 5.74) is 1.23. The Morgan fingerprint density at radius 1 is 1.30 bits per heavy atom. The van der Waals surface area contributed by atoms with Crippen molar-refractivity contribution in [1.29, 1.82) is 0 Å². The first-order valence-corrected chi connectivity index (χ1v) is 8.67. The van der Waals surface area contributed by atoms with E-state index in [1.807, 2.05) is 18.2 Å². The molecule has 0 radical (unpaired) electrons. The molecule has 3 aromatic rings. The van der Waals surface area contributed by atoms with Crippen LogP contribution < -0.4 is 9.64 Å². The standard InChI is InChI=1S/C19H15ClFN3O3/c1-26-16-5-3-2-4-13(16)19-22-18(23-27-19)11-8-17(25)24(10-11)12-6-7-15(21)14(20)9-12/h2-7,9,11H,8,10H2,1H3/t11-/m1/s1. The largest absolute Gasteiger partial charge is 0.496 e. The van der Waals surface area contributed by atoms with E-state index in [1.54, 1.807) is 18.1 Å². The Balaban J connectivity index is 1.58.